The molecule has 0 bridgehead atoms. The van der Waals surface area contributed by atoms with Crippen molar-refractivity contribution in [3.05, 3.63) is 41.6 Å². The van der Waals surface area contributed by atoms with Crippen molar-refractivity contribution in [2.45, 2.75) is 64.5 Å². The Labute approximate surface area is 159 Å². The van der Waals surface area contributed by atoms with E-state index in [1.807, 2.05) is 30.7 Å². The summed E-state index contributed by atoms with van der Waals surface area (Å²) in [5.74, 6) is -0.489. The smallest absolute Gasteiger partial charge is 0.309 e. The zero-order valence-electron chi connectivity index (χ0n) is 16.0. The number of carbonyl (C=O) groups is 2. The standard InChI is InChI=1S/C20H28N4O3/c1-14-12-15(2)24(23-14)17(18-10-7-11-27-18)13-21-19(25)20(26)22-16-8-5-3-4-6-9-16/h7,10-12,16-17H,3-6,8-9,13H2,1-2H3,(H,21,25)(H,22,26). The average molecular weight is 372 g/mol. The van der Waals surface area contributed by atoms with Crippen molar-refractivity contribution < 1.29 is 14.0 Å². The maximum absolute atomic E-state index is 12.3. The minimum atomic E-state index is -0.614. The fourth-order valence-electron chi connectivity index (χ4n) is 3.69. The highest BCUT2D eigenvalue weighted by atomic mass is 16.3. The van der Waals surface area contributed by atoms with Crippen LogP contribution in [0, 0.1) is 13.8 Å². The van der Waals surface area contributed by atoms with Gasteiger partial charge in [-0.2, -0.15) is 5.10 Å². The summed E-state index contributed by atoms with van der Waals surface area (Å²) in [6.07, 6.45) is 8.09. The molecule has 1 unspecified atom stereocenters. The number of carbonyl (C=O) groups excluding carboxylic acids is 2. The van der Waals surface area contributed by atoms with Crippen LogP contribution in [0.15, 0.2) is 28.9 Å². The van der Waals surface area contributed by atoms with Crippen molar-refractivity contribution in [2.75, 3.05) is 6.54 Å². The average Bonchev–Trinajstić information content (AvgIpc) is 3.20. The third-order valence-corrected chi connectivity index (χ3v) is 5.06. The lowest BCUT2D eigenvalue weighted by molar-refractivity contribution is -0.139. The second-order valence-electron chi connectivity index (χ2n) is 7.27. The van der Waals surface area contributed by atoms with E-state index in [2.05, 4.69) is 15.7 Å². The lowest BCUT2D eigenvalue weighted by Gasteiger charge is -2.19. The summed E-state index contributed by atoms with van der Waals surface area (Å²) in [6.45, 7) is 4.10. The molecule has 146 valence electrons. The van der Waals surface area contributed by atoms with Crippen LogP contribution < -0.4 is 10.6 Å². The first kappa shape index (κ1) is 19.2. The lowest BCUT2D eigenvalue weighted by atomic mass is 10.1. The second-order valence-corrected chi connectivity index (χ2v) is 7.27. The Kier molecular flexibility index (Phi) is 6.32. The fourth-order valence-corrected chi connectivity index (χ4v) is 3.69. The predicted octanol–water partition coefficient (Wildman–Crippen LogP) is 2.64. The summed E-state index contributed by atoms with van der Waals surface area (Å²) in [5, 5.41) is 10.1. The van der Waals surface area contributed by atoms with Gasteiger partial charge in [0.05, 0.1) is 12.0 Å². The van der Waals surface area contributed by atoms with Gasteiger partial charge in [0.1, 0.15) is 11.8 Å². The molecule has 2 aromatic heterocycles. The number of hydrogen-bond donors (Lipinski definition) is 2. The van der Waals surface area contributed by atoms with Crippen molar-refractivity contribution in [1.29, 1.82) is 0 Å². The number of amides is 2. The molecule has 2 aromatic rings. The number of aryl methyl sites for hydroxylation is 2. The molecule has 0 saturated heterocycles. The molecule has 0 aromatic carbocycles. The molecule has 0 aliphatic heterocycles. The van der Waals surface area contributed by atoms with Crippen molar-refractivity contribution >= 4 is 11.8 Å². The SMILES string of the molecule is Cc1cc(C)n(C(CNC(=O)C(=O)NC2CCCCCC2)c2ccco2)n1. The molecule has 0 radical (unpaired) electrons. The van der Waals surface area contributed by atoms with Gasteiger partial charge >= 0.3 is 11.8 Å². The Bertz CT molecular complexity index is 758. The topological polar surface area (TPSA) is 89.2 Å². The minimum Gasteiger partial charge on any atom is -0.467 e. The Morgan fingerprint density at radius 3 is 2.56 bits per heavy atom. The van der Waals surface area contributed by atoms with Crippen LogP contribution in [-0.2, 0) is 9.59 Å². The molecule has 1 saturated carbocycles. The molecule has 3 rings (SSSR count). The van der Waals surface area contributed by atoms with E-state index in [4.69, 9.17) is 4.42 Å². The monoisotopic (exact) mass is 372 g/mol. The van der Waals surface area contributed by atoms with Crippen molar-refractivity contribution in [1.82, 2.24) is 20.4 Å². The number of furan rings is 1. The predicted molar refractivity (Wildman–Crippen MR) is 101 cm³/mol. The largest absolute Gasteiger partial charge is 0.467 e. The van der Waals surface area contributed by atoms with Gasteiger partial charge in [0.25, 0.3) is 0 Å². The molecule has 1 fully saturated rings. The Morgan fingerprint density at radius 1 is 1.22 bits per heavy atom. The summed E-state index contributed by atoms with van der Waals surface area (Å²) in [6, 6.07) is 5.41. The van der Waals surface area contributed by atoms with E-state index in [-0.39, 0.29) is 18.6 Å². The van der Waals surface area contributed by atoms with Crippen LogP contribution in [0.3, 0.4) is 0 Å². The van der Waals surface area contributed by atoms with E-state index in [9.17, 15) is 9.59 Å². The third kappa shape index (κ3) is 4.99. The molecule has 7 heteroatoms. The van der Waals surface area contributed by atoms with Gasteiger partial charge in [-0.3, -0.25) is 14.3 Å². The van der Waals surface area contributed by atoms with Crippen molar-refractivity contribution in [3.8, 4) is 0 Å². The van der Waals surface area contributed by atoms with E-state index < -0.39 is 11.8 Å². The van der Waals surface area contributed by atoms with Crippen LogP contribution in [0.5, 0.6) is 0 Å². The summed E-state index contributed by atoms with van der Waals surface area (Å²) < 4.78 is 7.35. The summed E-state index contributed by atoms with van der Waals surface area (Å²) >= 11 is 0. The highest BCUT2D eigenvalue weighted by Gasteiger charge is 2.24. The van der Waals surface area contributed by atoms with Gasteiger partial charge in [0, 0.05) is 18.3 Å². The van der Waals surface area contributed by atoms with Gasteiger partial charge in [-0.1, -0.05) is 25.7 Å². The van der Waals surface area contributed by atoms with Crippen LogP contribution in [0.1, 0.15) is 61.7 Å². The first-order chi connectivity index (χ1) is 13.0. The highest BCUT2D eigenvalue weighted by molar-refractivity contribution is 6.35. The van der Waals surface area contributed by atoms with Gasteiger partial charge in [0.15, 0.2) is 0 Å². The molecule has 2 heterocycles. The zero-order chi connectivity index (χ0) is 19.2. The second kappa shape index (κ2) is 8.88. The van der Waals surface area contributed by atoms with E-state index >= 15 is 0 Å². The number of rotatable bonds is 5. The molecule has 1 aliphatic rings. The summed E-state index contributed by atoms with van der Waals surface area (Å²) in [7, 11) is 0. The highest BCUT2D eigenvalue weighted by Crippen LogP contribution is 2.20. The first-order valence-electron chi connectivity index (χ1n) is 9.69. The van der Waals surface area contributed by atoms with Crippen LogP contribution >= 0.6 is 0 Å². The molecule has 7 nitrogen and oxygen atoms in total. The quantitative estimate of drug-likeness (QED) is 0.624. The Morgan fingerprint density at radius 2 is 1.96 bits per heavy atom. The number of nitrogens with zero attached hydrogens (tertiary/aromatic N) is 2. The molecule has 0 spiro atoms. The Hall–Kier alpha value is -2.57. The van der Waals surface area contributed by atoms with Gasteiger partial charge in [-0.25, -0.2) is 0 Å². The van der Waals surface area contributed by atoms with Crippen LogP contribution in [0.25, 0.3) is 0 Å². The lowest BCUT2D eigenvalue weighted by Crippen LogP contribution is -2.45. The summed E-state index contributed by atoms with van der Waals surface area (Å²) in [4.78, 5) is 24.6. The maximum atomic E-state index is 12.3. The van der Waals surface area contributed by atoms with Gasteiger partial charge in [-0.05, 0) is 44.9 Å². The zero-order valence-corrected chi connectivity index (χ0v) is 16.0. The fraction of sp³-hybridized carbons (Fsp3) is 0.550. The molecular weight excluding hydrogens is 344 g/mol. The van der Waals surface area contributed by atoms with E-state index in [0.717, 1.165) is 37.1 Å². The van der Waals surface area contributed by atoms with Gasteiger partial charge in [0.2, 0.25) is 0 Å². The third-order valence-electron chi connectivity index (χ3n) is 5.06. The Balaban J connectivity index is 1.62. The van der Waals surface area contributed by atoms with E-state index in [1.165, 1.54) is 12.8 Å². The van der Waals surface area contributed by atoms with Crippen molar-refractivity contribution in [3.63, 3.8) is 0 Å². The van der Waals surface area contributed by atoms with Crippen molar-refractivity contribution in [2.24, 2.45) is 0 Å². The van der Waals surface area contributed by atoms with E-state index in [0.29, 0.717) is 5.76 Å². The maximum Gasteiger partial charge on any atom is 0.309 e. The molecule has 27 heavy (non-hydrogen) atoms. The van der Waals surface area contributed by atoms with E-state index in [1.54, 1.807) is 12.3 Å². The van der Waals surface area contributed by atoms with Crippen LogP contribution in [-0.4, -0.2) is 34.2 Å². The van der Waals surface area contributed by atoms with Gasteiger partial charge in [-0.15, -0.1) is 0 Å². The normalized spacial score (nSPS) is 16.5. The number of nitrogens with one attached hydrogen (secondary N) is 2. The molecule has 1 aliphatic carbocycles. The van der Waals surface area contributed by atoms with Crippen LogP contribution in [0.4, 0.5) is 0 Å². The molecule has 2 amide bonds. The van der Waals surface area contributed by atoms with Crippen LogP contribution in [0.2, 0.25) is 0 Å². The molecule has 2 N–H and O–H groups in total. The first-order valence-corrected chi connectivity index (χ1v) is 9.69. The molecular formula is C20H28N4O3. The number of hydrogen-bond acceptors (Lipinski definition) is 4. The molecule has 1 atom stereocenters. The summed E-state index contributed by atoms with van der Waals surface area (Å²) in [5.41, 5.74) is 1.85. The minimum absolute atomic E-state index is 0.0997. The van der Waals surface area contributed by atoms with Gasteiger partial charge < -0.3 is 15.1 Å². The number of aromatic nitrogens is 2.